The van der Waals surface area contributed by atoms with E-state index in [1.807, 2.05) is 20.0 Å². The fourth-order valence-electron chi connectivity index (χ4n) is 1.27. The van der Waals surface area contributed by atoms with Gasteiger partial charge in [-0.3, -0.25) is 9.36 Å². The van der Waals surface area contributed by atoms with Gasteiger partial charge in [-0.25, -0.2) is 4.98 Å². The van der Waals surface area contributed by atoms with Crippen molar-refractivity contribution < 1.29 is 0 Å². The fraction of sp³-hybridized carbons (Fsp3) is 0. The Morgan fingerprint density at radius 2 is 2.07 bits per heavy atom. The second-order valence-corrected chi connectivity index (χ2v) is 3.10. The minimum Gasteiger partial charge on any atom is -0.269 e. The van der Waals surface area contributed by atoms with Gasteiger partial charge in [0.15, 0.2) is 0 Å². The lowest BCUT2D eigenvalue weighted by molar-refractivity contribution is 0.947. The average Bonchev–Trinajstić information content (AvgIpc) is 2.23. The summed E-state index contributed by atoms with van der Waals surface area (Å²) in [6.45, 7) is 0. The van der Waals surface area contributed by atoms with Gasteiger partial charge in [0.25, 0.3) is 5.56 Å². The topological polar surface area (TPSA) is 34.9 Å². The van der Waals surface area contributed by atoms with Crippen molar-refractivity contribution >= 4 is 13.3 Å². The van der Waals surface area contributed by atoms with Crippen LogP contribution in [0.15, 0.2) is 47.5 Å². The molecule has 14 heavy (non-hydrogen) atoms. The molecule has 0 saturated carbocycles. The zero-order valence-electron chi connectivity index (χ0n) is 7.84. The van der Waals surface area contributed by atoms with Gasteiger partial charge < -0.3 is 0 Å². The molecular formula is C10H9BN2O. The first-order valence-electron chi connectivity index (χ1n) is 4.38. The second-order valence-electron chi connectivity index (χ2n) is 3.10. The van der Waals surface area contributed by atoms with Crippen molar-refractivity contribution in [2.45, 2.75) is 0 Å². The Morgan fingerprint density at radius 3 is 2.79 bits per heavy atom. The Morgan fingerprint density at radius 1 is 1.21 bits per heavy atom. The van der Waals surface area contributed by atoms with Gasteiger partial charge >= 0.3 is 0 Å². The standard InChI is InChI=1S/C10H9BN2O/c11-8-4-5-10(14)13(7-8)9-3-1-2-6-12-9/h1-7H,11H2. The summed E-state index contributed by atoms with van der Waals surface area (Å²) in [6.07, 6.45) is 3.45. The zero-order chi connectivity index (χ0) is 9.97. The van der Waals surface area contributed by atoms with E-state index < -0.39 is 0 Å². The van der Waals surface area contributed by atoms with E-state index >= 15 is 0 Å². The highest BCUT2D eigenvalue weighted by Crippen LogP contribution is 1.96. The van der Waals surface area contributed by atoms with Gasteiger partial charge in [-0.05, 0) is 12.1 Å². The van der Waals surface area contributed by atoms with Crippen LogP contribution in [0, 0.1) is 0 Å². The summed E-state index contributed by atoms with van der Waals surface area (Å²) in [7, 11) is 1.94. The molecule has 0 spiro atoms. The number of pyridine rings is 2. The highest BCUT2D eigenvalue weighted by atomic mass is 16.1. The third kappa shape index (κ3) is 1.59. The molecule has 3 nitrogen and oxygen atoms in total. The minimum absolute atomic E-state index is 0.0608. The molecule has 68 valence electrons. The molecule has 0 radical (unpaired) electrons. The molecule has 0 aliphatic carbocycles. The molecule has 2 aromatic rings. The van der Waals surface area contributed by atoms with Gasteiger partial charge in [0.2, 0.25) is 0 Å². The zero-order valence-corrected chi connectivity index (χ0v) is 7.84. The molecule has 0 N–H and O–H groups in total. The molecule has 0 fully saturated rings. The number of rotatable bonds is 1. The Hall–Kier alpha value is -1.84. The van der Waals surface area contributed by atoms with Crippen molar-refractivity contribution in [3.63, 3.8) is 0 Å². The maximum absolute atomic E-state index is 11.5. The van der Waals surface area contributed by atoms with Crippen molar-refractivity contribution in [3.05, 3.63) is 53.1 Å². The van der Waals surface area contributed by atoms with Crippen molar-refractivity contribution in [1.29, 1.82) is 0 Å². The highest BCUT2D eigenvalue weighted by Gasteiger charge is 1.98. The lowest BCUT2D eigenvalue weighted by Crippen LogP contribution is -2.22. The maximum atomic E-state index is 11.5. The summed E-state index contributed by atoms with van der Waals surface area (Å²) in [6, 6.07) is 8.83. The van der Waals surface area contributed by atoms with Gasteiger partial charge in [-0.1, -0.05) is 17.6 Å². The van der Waals surface area contributed by atoms with E-state index in [0.29, 0.717) is 5.82 Å². The van der Waals surface area contributed by atoms with Gasteiger partial charge in [0, 0.05) is 18.5 Å². The van der Waals surface area contributed by atoms with E-state index in [2.05, 4.69) is 4.98 Å². The van der Waals surface area contributed by atoms with Crippen molar-refractivity contribution in [3.8, 4) is 5.82 Å². The fourth-order valence-corrected chi connectivity index (χ4v) is 1.27. The molecular weight excluding hydrogens is 175 g/mol. The van der Waals surface area contributed by atoms with E-state index in [9.17, 15) is 4.79 Å². The van der Waals surface area contributed by atoms with Crippen LogP contribution in [0.2, 0.25) is 0 Å². The monoisotopic (exact) mass is 184 g/mol. The first-order chi connectivity index (χ1) is 6.77. The van der Waals surface area contributed by atoms with Crippen LogP contribution in [-0.4, -0.2) is 17.4 Å². The molecule has 2 rings (SSSR count). The Balaban J connectivity index is 2.63. The van der Waals surface area contributed by atoms with Crippen LogP contribution in [0.4, 0.5) is 0 Å². The van der Waals surface area contributed by atoms with Crippen LogP contribution >= 0.6 is 0 Å². The summed E-state index contributed by atoms with van der Waals surface area (Å²) in [5, 5.41) is 0. The number of aromatic nitrogens is 2. The highest BCUT2D eigenvalue weighted by molar-refractivity contribution is 6.32. The van der Waals surface area contributed by atoms with Crippen LogP contribution in [0.5, 0.6) is 0 Å². The van der Waals surface area contributed by atoms with Crippen molar-refractivity contribution in [2.75, 3.05) is 0 Å². The third-order valence-corrected chi connectivity index (χ3v) is 1.96. The number of hydrogen-bond acceptors (Lipinski definition) is 2. The van der Waals surface area contributed by atoms with Crippen LogP contribution < -0.4 is 11.0 Å². The molecule has 0 aliphatic heterocycles. The normalized spacial score (nSPS) is 10.0. The lowest BCUT2D eigenvalue weighted by atomic mass is 9.99. The molecule has 0 aromatic carbocycles. The van der Waals surface area contributed by atoms with Crippen molar-refractivity contribution in [2.24, 2.45) is 0 Å². The molecule has 0 aliphatic rings. The van der Waals surface area contributed by atoms with Crippen LogP contribution in [0.3, 0.4) is 0 Å². The van der Waals surface area contributed by atoms with Gasteiger partial charge in [0.05, 0.1) is 0 Å². The van der Waals surface area contributed by atoms with E-state index in [0.717, 1.165) is 5.46 Å². The number of hydrogen-bond donors (Lipinski definition) is 0. The predicted octanol–water partition coefficient (Wildman–Crippen LogP) is -0.509. The second kappa shape index (κ2) is 3.50. The summed E-state index contributed by atoms with van der Waals surface area (Å²) >= 11 is 0. The summed E-state index contributed by atoms with van der Waals surface area (Å²) in [5.74, 6) is 0.654. The molecule has 0 unspecified atom stereocenters. The summed E-state index contributed by atoms with van der Waals surface area (Å²) < 4.78 is 1.54. The average molecular weight is 184 g/mol. The van der Waals surface area contributed by atoms with E-state index in [1.165, 1.54) is 4.57 Å². The molecule has 4 heteroatoms. The third-order valence-electron chi connectivity index (χ3n) is 1.96. The van der Waals surface area contributed by atoms with Crippen molar-refractivity contribution in [1.82, 2.24) is 9.55 Å². The van der Waals surface area contributed by atoms with E-state index in [4.69, 9.17) is 0 Å². The molecule has 2 aromatic heterocycles. The Bertz CT molecular complexity index is 493. The largest absolute Gasteiger partial charge is 0.269 e. The quantitative estimate of drug-likeness (QED) is 0.559. The first kappa shape index (κ1) is 8.75. The van der Waals surface area contributed by atoms with Crippen LogP contribution in [0.25, 0.3) is 5.82 Å². The molecule has 0 bridgehead atoms. The SMILES string of the molecule is Bc1ccc(=O)n(-c2ccccn2)c1. The predicted molar refractivity (Wildman–Crippen MR) is 58.0 cm³/mol. The molecule has 0 amide bonds. The smallest absolute Gasteiger partial charge is 0.256 e. The minimum atomic E-state index is -0.0608. The van der Waals surface area contributed by atoms with Gasteiger partial charge in [-0.2, -0.15) is 0 Å². The molecule has 0 atom stereocenters. The lowest BCUT2D eigenvalue weighted by Gasteiger charge is -2.04. The van der Waals surface area contributed by atoms with Crippen LogP contribution in [-0.2, 0) is 0 Å². The van der Waals surface area contributed by atoms with E-state index in [1.54, 1.807) is 30.6 Å². The van der Waals surface area contributed by atoms with Crippen LogP contribution in [0.1, 0.15) is 0 Å². The molecule has 2 heterocycles. The molecule has 0 saturated heterocycles. The number of nitrogens with zero attached hydrogens (tertiary/aromatic N) is 2. The summed E-state index contributed by atoms with van der Waals surface area (Å²) in [5.41, 5.74) is 0.976. The maximum Gasteiger partial charge on any atom is 0.256 e. The van der Waals surface area contributed by atoms with E-state index in [-0.39, 0.29) is 5.56 Å². The first-order valence-corrected chi connectivity index (χ1v) is 4.38. The Kier molecular flexibility index (Phi) is 2.19. The van der Waals surface area contributed by atoms with Gasteiger partial charge in [-0.15, -0.1) is 0 Å². The summed E-state index contributed by atoms with van der Waals surface area (Å²) in [4.78, 5) is 15.6. The van der Waals surface area contributed by atoms with Gasteiger partial charge in [0.1, 0.15) is 13.7 Å². The Labute approximate surface area is 82.5 Å².